The van der Waals surface area contributed by atoms with Crippen LogP contribution in [-0.4, -0.2) is 28.3 Å². The van der Waals surface area contributed by atoms with Gasteiger partial charge in [0.05, 0.1) is 0 Å². The van der Waals surface area contributed by atoms with Gasteiger partial charge >= 0.3 is 0 Å². The molecule has 0 aromatic carbocycles. The molecule has 0 saturated heterocycles. The molecular weight excluding hydrogens is 182 g/mol. The summed E-state index contributed by atoms with van der Waals surface area (Å²) >= 11 is 0. The molecule has 0 aromatic heterocycles. The van der Waals surface area contributed by atoms with Crippen LogP contribution < -0.4 is 5.32 Å². The standard InChI is InChI=1S/C10H21NOS/c1-9(7-8-13(2)12)11-10-5-3-4-6-10/h9-11H,3-8H2,1-2H3. The number of hydrogen-bond acceptors (Lipinski definition) is 2. The summed E-state index contributed by atoms with van der Waals surface area (Å²) in [6.45, 7) is 2.20. The van der Waals surface area contributed by atoms with E-state index in [0.717, 1.165) is 18.2 Å². The molecule has 2 nitrogen and oxygen atoms in total. The van der Waals surface area contributed by atoms with E-state index in [4.69, 9.17) is 0 Å². The van der Waals surface area contributed by atoms with Gasteiger partial charge in [0.1, 0.15) is 0 Å². The van der Waals surface area contributed by atoms with E-state index in [2.05, 4.69) is 12.2 Å². The van der Waals surface area contributed by atoms with Crippen LogP contribution in [0.25, 0.3) is 0 Å². The molecule has 0 aliphatic heterocycles. The Morgan fingerprint density at radius 1 is 1.46 bits per heavy atom. The molecule has 0 radical (unpaired) electrons. The van der Waals surface area contributed by atoms with Gasteiger partial charge in [-0.1, -0.05) is 12.8 Å². The van der Waals surface area contributed by atoms with Gasteiger partial charge in [0.2, 0.25) is 0 Å². The van der Waals surface area contributed by atoms with Crippen molar-refractivity contribution in [2.45, 2.75) is 51.1 Å². The topological polar surface area (TPSA) is 29.1 Å². The molecule has 1 aliphatic carbocycles. The van der Waals surface area contributed by atoms with Gasteiger partial charge in [-0.05, 0) is 26.2 Å². The quantitative estimate of drug-likeness (QED) is 0.736. The lowest BCUT2D eigenvalue weighted by Gasteiger charge is -2.18. The molecule has 1 fully saturated rings. The fourth-order valence-corrected chi connectivity index (χ4v) is 2.61. The fourth-order valence-electron chi connectivity index (χ4n) is 1.92. The molecular formula is C10H21NOS. The van der Waals surface area contributed by atoms with Crippen molar-refractivity contribution in [3.63, 3.8) is 0 Å². The molecule has 1 aliphatic rings. The third-order valence-electron chi connectivity index (χ3n) is 2.71. The smallest absolute Gasteiger partial charge is 0.0246 e. The van der Waals surface area contributed by atoms with Crippen LogP contribution in [0.4, 0.5) is 0 Å². The zero-order chi connectivity index (χ0) is 9.68. The average Bonchev–Trinajstić information content (AvgIpc) is 2.53. The van der Waals surface area contributed by atoms with E-state index in [0.29, 0.717) is 6.04 Å². The monoisotopic (exact) mass is 203 g/mol. The maximum atomic E-state index is 10.9. The van der Waals surface area contributed by atoms with Crippen LogP contribution in [0.3, 0.4) is 0 Å². The maximum Gasteiger partial charge on any atom is 0.0246 e. The van der Waals surface area contributed by atoms with E-state index in [9.17, 15) is 4.21 Å². The lowest BCUT2D eigenvalue weighted by Crippen LogP contribution is -2.35. The summed E-state index contributed by atoms with van der Waals surface area (Å²) in [7, 11) is -0.629. The summed E-state index contributed by atoms with van der Waals surface area (Å²) in [6, 6.07) is 1.27. The molecule has 3 heteroatoms. The van der Waals surface area contributed by atoms with Crippen LogP contribution in [0.2, 0.25) is 0 Å². The lowest BCUT2D eigenvalue weighted by molar-refractivity contribution is 0.443. The van der Waals surface area contributed by atoms with Crippen molar-refractivity contribution in [3.8, 4) is 0 Å². The first-order valence-corrected chi connectivity index (χ1v) is 6.97. The Morgan fingerprint density at radius 2 is 2.08 bits per heavy atom. The Kier molecular flexibility index (Phi) is 4.96. The van der Waals surface area contributed by atoms with Crippen molar-refractivity contribution < 1.29 is 4.21 Å². The van der Waals surface area contributed by atoms with Crippen molar-refractivity contribution >= 4 is 10.8 Å². The van der Waals surface area contributed by atoms with Crippen LogP contribution in [0.1, 0.15) is 39.0 Å². The minimum absolute atomic E-state index is 0.534. The second-order valence-corrected chi connectivity index (χ2v) is 5.67. The van der Waals surface area contributed by atoms with Crippen LogP contribution in [0.15, 0.2) is 0 Å². The zero-order valence-electron chi connectivity index (χ0n) is 8.71. The van der Waals surface area contributed by atoms with Crippen LogP contribution in [-0.2, 0) is 10.8 Å². The van der Waals surface area contributed by atoms with Crippen LogP contribution in [0.5, 0.6) is 0 Å². The predicted molar refractivity (Wildman–Crippen MR) is 58.4 cm³/mol. The summed E-state index contributed by atoms with van der Waals surface area (Å²) in [4.78, 5) is 0. The summed E-state index contributed by atoms with van der Waals surface area (Å²) in [6.07, 6.45) is 8.25. The largest absolute Gasteiger partial charge is 0.311 e. The summed E-state index contributed by atoms with van der Waals surface area (Å²) in [5, 5.41) is 3.60. The van der Waals surface area contributed by atoms with Crippen LogP contribution in [0, 0.1) is 0 Å². The van der Waals surface area contributed by atoms with E-state index < -0.39 is 10.8 Å². The normalized spacial score (nSPS) is 23.2. The van der Waals surface area contributed by atoms with Crippen molar-refractivity contribution in [1.82, 2.24) is 5.32 Å². The Hall–Kier alpha value is 0.110. The Bertz CT molecular complexity index is 166. The number of nitrogens with one attached hydrogen (secondary N) is 1. The first-order valence-electron chi connectivity index (χ1n) is 5.24. The molecule has 1 N–H and O–H groups in total. The molecule has 0 heterocycles. The van der Waals surface area contributed by atoms with Gasteiger partial charge in [-0.25, -0.2) is 0 Å². The molecule has 0 amide bonds. The third kappa shape index (κ3) is 4.77. The van der Waals surface area contributed by atoms with Crippen molar-refractivity contribution in [2.24, 2.45) is 0 Å². The molecule has 0 bridgehead atoms. The lowest BCUT2D eigenvalue weighted by atomic mass is 10.2. The highest BCUT2D eigenvalue weighted by Gasteiger charge is 2.16. The van der Waals surface area contributed by atoms with Crippen LogP contribution >= 0.6 is 0 Å². The Balaban J connectivity index is 2.09. The molecule has 0 spiro atoms. The Labute approximate surface area is 83.9 Å². The highest BCUT2D eigenvalue weighted by molar-refractivity contribution is 7.84. The number of hydrogen-bond donors (Lipinski definition) is 1. The second kappa shape index (κ2) is 5.76. The van der Waals surface area contributed by atoms with Gasteiger partial charge in [0.25, 0.3) is 0 Å². The van der Waals surface area contributed by atoms with Gasteiger partial charge < -0.3 is 5.32 Å². The molecule has 78 valence electrons. The fraction of sp³-hybridized carbons (Fsp3) is 1.00. The molecule has 1 saturated carbocycles. The molecule has 2 unspecified atom stereocenters. The summed E-state index contributed by atoms with van der Waals surface area (Å²) < 4.78 is 10.9. The minimum atomic E-state index is -0.629. The molecule has 13 heavy (non-hydrogen) atoms. The highest BCUT2D eigenvalue weighted by Crippen LogP contribution is 2.18. The van der Waals surface area contributed by atoms with Gasteiger partial charge in [-0.15, -0.1) is 0 Å². The zero-order valence-corrected chi connectivity index (χ0v) is 9.53. The van der Waals surface area contributed by atoms with E-state index in [-0.39, 0.29) is 0 Å². The number of rotatable bonds is 5. The first-order chi connectivity index (χ1) is 6.18. The second-order valence-electron chi connectivity index (χ2n) is 4.12. The highest BCUT2D eigenvalue weighted by atomic mass is 32.2. The van der Waals surface area contributed by atoms with Gasteiger partial charge in [0, 0.05) is 34.9 Å². The summed E-state index contributed by atoms with van der Waals surface area (Å²) in [5.41, 5.74) is 0. The molecule has 0 aromatic rings. The van der Waals surface area contributed by atoms with Crippen molar-refractivity contribution in [2.75, 3.05) is 12.0 Å². The average molecular weight is 203 g/mol. The minimum Gasteiger partial charge on any atom is -0.311 e. The van der Waals surface area contributed by atoms with Crippen molar-refractivity contribution in [1.29, 1.82) is 0 Å². The Morgan fingerprint density at radius 3 is 2.62 bits per heavy atom. The van der Waals surface area contributed by atoms with Crippen molar-refractivity contribution in [3.05, 3.63) is 0 Å². The maximum absolute atomic E-state index is 10.9. The van der Waals surface area contributed by atoms with Gasteiger partial charge in [-0.3, -0.25) is 4.21 Å². The van der Waals surface area contributed by atoms with Gasteiger partial charge in [-0.2, -0.15) is 0 Å². The SMILES string of the molecule is CC(CCS(C)=O)NC1CCCC1. The van der Waals surface area contributed by atoms with E-state index in [1.165, 1.54) is 25.7 Å². The summed E-state index contributed by atoms with van der Waals surface area (Å²) in [5.74, 6) is 0.834. The molecule has 1 rings (SSSR count). The predicted octanol–water partition coefficient (Wildman–Crippen LogP) is 1.68. The van der Waals surface area contributed by atoms with E-state index in [1.54, 1.807) is 6.26 Å². The van der Waals surface area contributed by atoms with E-state index >= 15 is 0 Å². The third-order valence-corrected chi connectivity index (χ3v) is 3.52. The first kappa shape index (κ1) is 11.2. The van der Waals surface area contributed by atoms with Gasteiger partial charge in [0.15, 0.2) is 0 Å². The molecule has 2 atom stereocenters. The van der Waals surface area contributed by atoms with E-state index in [1.807, 2.05) is 0 Å².